The summed E-state index contributed by atoms with van der Waals surface area (Å²) in [6, 6.07) is 2.61. The lowest BCUT2D eigenvalue weighted by atomic mass is 10.6. The van der Waals surface area contributed by atoms with Crippen LogP contribution in [-0.4, -0.2) is 34.2 Å². The molecule has 0 aliphatic carbocycles. The van der Waals surface area contributed by atoms with E-state index in [1.807, 2.05) is 0 Å². The highest BCUT2D eigenvalue weighted by molar-refractivity contribution is 7.90. The molecule has 0 unspecified atom stereocenters. The summed E-state index contributed by atoms with van der Waals surface area (Å²) < 4.78 is 23.3. The van der Waals surface area contributed by atoms with Crippen LogP contribution < -0.4 is 0 Å². The van der Waals surface area contributed by atoms with E-state index in [9.17, 15) is 18.5 Å². The molecule has 0 aliphatic rings. The third-order valence-corrected chi connectivity index (χ3v) is 2.86. The van der Waals surface area contributed by atoms with Crippen molar-refractivity contribution in [3.05, 3.63) is 28.4 Å². The molecule has 0 saturated heterocycles. The van der Waals surface area contributed by atoms with E-state index < -0.39 is 14.8 Å². The molecule has 0 N–H and O–H groups in total. The average molecular weight is 242 g/mol. The lowest BCUT2D eigenvalue weighted by Gasteiger charge is -1.95. The zero-order valence-electron chi connectivity index (χ0n) is 8.06. The lowest BCUT2D eigenvalue weighted by Crippen LogP contribution is -2.06. The van der Waals surface area contributed by atoms with E-state index >= 15 is 0 Å². The third-order valence-electron chi connectivity index (χ3n) is 1.89. The third kappa shape index (κ3) is 1.60. The van der Waals surface area contributed by atoms with Crippen LogP contribution in [0.3, 0.4) is 0 Å². The van der Waals surface area contributed by atoms with Gasteiger partial charge in [0.1, 0.15) is 6.20 Å². The minimum absolute atomic E-state index is 0.221. The largest absolute Gasteiger partial charge is 0.368 e. The van der Waals surface area contributed by atoms with Crippen molar-refractivity contribution in [2.45, 2.75) is 5.03 Å². The second kappa shape index (κ2) is 3.23. The number of hydrogen-bond donors (Lipinski definition) is 0. The molecule has 2 aromatic heterocycles. The van der Waals surface area contributed by atoms with Crippen LogP contribution in [0.15, 0.2) is 23.4 Å². The fraction of sp³-hybridized carbons (Fsp3) is 0.143. The number of nitro groups is 1. The number of rotatable bonds is 2. The van der Waals surface area contributed by atoms with Gasteiger partial charge in [0.15, 0.2) is 14.9 Å². The predicted molar refractivity (Wildman–Crippen MR) is 52.8 cm³/mol. The predicted octanol–water partition coefficient (Wildman–Crippen LogP) is 0.0410. The molecule has 2 heterocycles. The lowest BCUT2D eigenvalue weighted by molar-refractivity contribution is -0.391. The molecule has 84 valence electrons. The summed E-state index contributed by atoms with van der Waals surface area (Å²) in [4.78, 5) is 13.6. The van der Waals surface area contributed by atoms with Gasteiger partial charge in [-0.15, -0.1) is 0 Å². The number of imidazole rings is 1. The van der Waals surface area contributed by atoms with Crippen molar-refractivity contribution < 1.29 is 13.3 Å². The summed E-state index contributed by atoms with van der Waals surface area (Å²) in [5, 5.41) is 14.0. The fourth-order valence-electron chi connectivity index (χ4n) is 1.17. The maximum absolute atomic E-state index is 11.2. The Morgan fingerprint density at radius 2 is 2.12 bits per heavy atom. The van der Waals surface area contributed by atoms with Crippen molar-refractivity contribution in [1.82, 2.24) is 14.6 Å². The second-order valence-corrected chi connectivity index (χ2v) is 5.05. The molecule has 0 atom stereocenters. The zero-order chi connectivity index (χ0) is 11.9. The van der Waals surface area contributed by atoms with Crippen molar-refractivity contribution in [3.63, 3.8) is 0 Å². The molecule has 0 aliphatic heterocycles. The van der Waals surface area contributed by atoms with Gasteiger partial charge in [0.25, 0.3) is 0 Å². The Hall–Kier alpha value is -2.03. The second-order valence-electron chi connectivity index (χ2n) is 3.09. The normalized spacial score (nSPS) is 11.8. The summed E-state index contributed by atoms with van der Waals surface area (Å²) in [6.45, 7) is 0. The Balaban J connectivity index is 2.78. The van der Waals surface area contributed by atoms with Crippen molar-refractivity contribution in [2.75, 3.05) is 6.26 Å². The molecule has 16 heavy (non-hydrogen) atoms. The molecule has 0 spiro atoms. The van der Waals surface area contributed by atoms with Crippen LogP contribution in [0, 0.1) is 10.1 Å². The van der Waals surface area contributed by atoms with Gasteiger partial charge in [-0.2, -0.15) is 0 Å². The minimum Gasteiger partial charge on any atom is -0.358 e. The first kappa shape index (κ1) is 10.5. The van der Waals surface area contributed by atoms with E-state index in [4.69, 9.17) is 0 Å². The van der Waals surface area contributed by atoms with Crippen molar-refractivity contribution >= 4 is 21.3 Å². The maximum Gasteiger partial charge on any atom is 0.368 e. The summed E-state index contributed by atoms with van der Waals surface area (Å²) >= 11 is 0. The first-order valence-corrected chi connectivity index (χ1v) is 5.98. The Morgan fingerprint density at radius 1 is 1.44 bits per heavy atom. The average Bonchev–Trinajstić information content (AvgIpc) is 2.58. The van der Waals surface area contributed by atoms with Crippen LogP contribution >= 0.6 is 0 Å². The van der Waals surface area contributed by atoms with Gasteiger partial charge in [0.2, 0.25) is 5.65 Å². The number of nitrogens with zero attached hydrogens (tertiary/aromatic N) is 4. The van der Waals surface area contributed by atoms with Crippen molar-refractivity contribution in [3.8, 4) is 0 Å². The quantitative estimate of drug-likeness (QED) is 0.543. The van der Waals surface area contributed by atoms with Crippen LogP contribution in [-0.2, 0) is 9.84 Å². The van der Waals surface area contributed by atoms with Crippen LogP contribution in [0.5, 0.6) is 0 Å². The van der Waals surface area contributed by atoms with Gasteiger partial charge in [-0.3, -0.25) is 0 Å². The summed E-state index contributed by atoms with van der Waals surface area (Å²) in [5.41, 5.74) is 0.221. The van der Waals surface area contributed by atoms with Crippen LogP contribution in [0.4, 0.5) is 5.82 Å². The van der Waals surface area contributed by atoms with E-state index in [2.05, 4.69) is 10.1 Å². The summed E-state index contributed by atoms with van der Waals surface area (Å²) in [5.74, 6) is -0.375. The summed E-state index contributed by atoms with van der Waals surface area (Å²) in [6.07, 6.45) is 2.00. The molecule has 2 rings (SSSR count). The van der Waals surface area contributed by atoms with E-state index in [1.165, 1.54) is 12.1 Å². The van der Waals surface area contributed by atoms with Gasteiger partial charge in [-0.1, -0.05) is 9.61 Å². The SMILES string of the molecule is CS(=O)(=O)c1ccc2ncc([N+](=O)[O-])n2n1. The standard InChI is InChI=1S/C7H6N4O4S/c1-16(14,15)6-3-2-5-8-4-7(11(12)13)10(5)9-6/h2-4H,1H3. The molecular weight excluding hydrogens is 236 g/mol. The van der Waals surface area contributed by atoms with Crippen LogP contribution in [0.1, 0.15) is 0 Å². The molecule has 9 heteroatoms. The number of sulfone groups is 1. The molecule has 2 aromatic rings. The number of aromatic nitrogens is 3. The van der Waals surface area contributed by atoms with E-state index in [-0.39, 0.29) is 16.5 Å². The maximum atomic E-state index is 11.2. The number of fused-ring (bicyclic) bond motifs is 1. The monoisotopic (exact) mass is 242 g/mol. The highest BCUT2D eigenvalue weighted by atomic mass is 32.2. The van der Waals surface area contributed by atoms with Crippen LogP contribution in [0.2, 0.25) is 0 Å². The van der Waals surface area contributed by atoms with Gasteiger partial charge in [0.05, 0.1) is 0 Å². The van der Waals surface area contributed by atoms with Crippen molar-refractivity contribution in [1.29, 1.82) is 0 Å². The topological polar surface area (TPSA) is 107 Å². The van der Waals surface area contributed by atoms with E-state index in [0.29, 0.717) is 0 Å². The molecule has 0 aromatic carbocycles. The van der Waals surface area contributed by atoms with Gasteiger partial charge < -0.3 is 10.1 Å². The first-order valence-electron chi connectivity index (χ1n) is 4.09. The Kier molecular flexibility index (Phi) is 2.12. The first-order chi connectivity index (χ1) is 7.39. The van der Waals surface area contributed by atoms with Gasteiger partial charge >= 0.3 is 5.82 Å². The summed E-state index contributed by atoms with van der Waals surface area (Å²) in [7, 11) is -3.50. The Morgan fingerprint density at radius 3 is 2.69 bits per heavy atom. The van der Waals surface area contributed by atoms with Crippen LogP contribution in [0.25, 0.3) is 5.65 Å². The highest BCUT2D eigenvalue weighted by Gasteiger charge is 2.19. The molecule has 0 saturated carbocycles. The molecular formula is C7H6N4O4S. The molecule has 0 bridgehead atoms. The Bertz CT molecular complexity index is 675. The van der Waals surface area contributed by atoms with Gasteiger partial charge in [-0.05, 0) is 11.0 Å². The molecule has 8 nitrogen and oxygen atoms in total. The van der Waals surface area contributed by atoms with Crippen molar-refractivity contribution in [2.24, 2.45) is 0 Å². The molecule has 0 radical (unpaired) electrons. The molecule has 0 fully saturated rings. The fourth-order valence-corrected chi connectivity index (χ4v) is 1.71. The highest BCUT2D eigenvalue weighted by Crippen LogP contribution is 2.14. The minimum atomic E-state index is -3.50. The van der Waals surface area contributed by atoms with E-state index in [1.54, 1.807) is 0 Å². The van der Waals surface area contributed by atoms with E-state index in [0.717, 1.165) is 17.0 Å². The zero-order valence-corrected chi connectivity index (χ0v) is 8.88. The smallest absolute Gasteiger partial charge is 0.358 e. The van der Waals surface area contributed by atoms with Gasteiger partial charge in [0, 0.05) is 12.3 Å². The number of hydrogen-bond acceptors (Lipinski definition) is 6. The molecule has 0 amide bonds. The Labute approximate surface area is 89.6 Å². The van der Waals surface area contributed by atoms with Gasteiger partial charge in [-0.25, -0.2) is 13.4 Å².